The number of hydrogen-bond donors (Lipinski definition) is 0. The monoisotopic (exact) mass is 317 g/mol. The summed E-state index contributed by atoms with van der Waals surface area (Å²) in [6, 6.07) is 4.76. The van der Waals surface area contributed by atoms with Gasteiger partial charge in [-0.3, -0.25) is 14.2 Å². The molecular weight excluding hydrogens is 292 g/mol. The van der Waals surface area contributed by atoms with Gasteiger partial charge in [-0.15, -0.1) is 0 Å². The summed E-state index contributed by atoms with van der Waals surface area (Å²) in [6.07, 6.45) is 4.11. The fourth-order valence-electron chi connectivity index (χ4n) is 4.97. The molecule has 1 amide bonds. The second kappa shape index (κ2) is 5.13. The predicted octanol–water partition coefficient (Wildman–Crippen LogP) is 2.10. The second-order valence-electron chi connectivity index (χ2n) is 7.14. The van der Waals surface area contributed by atoms with Gasteiger partial charge in [-0.25, -0.2) is 0 Å². The van der Waals surface area contributed by atoms with E-state index in [1.807, 2.05) is 0 Å². The zero-order valence-corrected chi connectivity index (χ0v) is 14.2. The molecule has 0 radical (unpaired) electrons. The lowest BCUT2D eigenvalue weighted by atomic mass is 9.85. The van der Waals surface area contributed by atoms with Gasteiger partial charge in [0.2, 0.25) is 5.91 Å². The maximum atomic E-state index is 12.1. The molecule has 3 atom stereocenters. The van der Waals surface area contributed by atoms with Crippen molar-refractivity contribution in [3.05, 3.63) is 23.3 Å². The third kappa shape index (κ3) is 1.99. The van der Waals surface area contributed by atoms with E-state index in [9.17, 15) is 4.79 Å². The Kier molecular flexibility index (Phi) is 3.30. The molecule has 1 aromatic carbocycles. The van der Waals surface area contributed by atoms with Gasteiger partial charge in [-0.05, 0) is 17.7 Å². The van der Waals surface area contributed by atoms with Gasteiger partial charge in [0.05, 0.1) is 27.8 Å². The van der Waals surface area contributed by atoms with Crippen molar-refractivity contribution < 1.29 is 18.8 Å². The van der Waals surface area contributed by atoms with Gasteiger partial charge in [-0.2, -0.15) is 0 Å². The van der Waals surface area contributed by atoms with E-state index in [0.29, 0.717) is 24.5 Å². The smallest absolute Gasteiger partial charge is 0.227 e. The van der Waals surface area contributed by atoms with Crippen molar-refractivity contribution in [3.63, 3.8) is 0 Å². The quantitative estimate of drug-likeness (QED) is 0.784. The first-order chi connectivity index (χ1) is 11.1. The molecule has 124 valence electrons. The highest BCUT2D eigenvalue weighted by atomic mass is 16.5. The largest absolute Gasteiger partial charge is 0.493 e. The van der Waals surface area contributed by atoms with Crippen molar-refractivity contribution in [2.24, 2.45) is 0 Å². The van der Waals surface area contributed by atoms with Crippen molar-refractivity contribution in [1.29, 1.82) is 0 Å². The molecule has 1 unspecified atom stereocenters. The Balaban J connectivity index is 1.77. The highest BCUT2D eigenvalue weighted by molar-refractivity contribution is 5.78. The zero-order chi connectivity index (χ0) is 16.2. The number of likely N-dealkylation sites (N-methyl/N-ethyl adjacent to an activating group) is 1. The summed E-state index contributed by atoms with van der Waals surface area (Å²) in [5.74, 6) is 1.96. The van der Waals surface area contributed by atoms with Crippen molar-refractivity contribution in [2.75, 3.05) is 34.4 Å². The minimum absolute atomic E-state index is 0.339. The highest BCUT2D eigenvalue weighted by Gasteiger charge is 2.53. The lowest BCUT2D eigenvalue weighted by molar-refractivity contribution is -0.978. The lowest BCUT2D eigenvalue weighted by Gasteiger charge is -2.54. The van der Waals surface area contributed by atoms with E-state index in [-0.39, 0.29) is 0 Å². The number of carbonyl (C=O) groups excluding carboxylic acids is 1. The molecule has 1 aromatic rings. The number of carbonyl (C=O) groups is 1. The molecule has 0 bridgehead atoms. The molecule has 23 heavy (non-hydrogen) atoms. The van der Waals surface area contributed by atoms with Crippen LogP contribution in [0.3, 0.4) is 0 Å². The van der Waals surface area contributed by atoms with Crippen molar-refractivity contribution in [2.45, 2.75) is 37.9 Å². The van der Waals surface area contributed by atoms with Crippen LogP contribution in [0.4, 0.5) is 0 Å². The molecule has 0 aromatic heterocycles. The van der Waals surface area contributed by atoms with E-state index in [0.717, 1.165) is 48.3 Å². The molecule has 0 N–H and O–H groups in total. The van der Waals surface area contributed by atoms with Gasteiger partial charge in [0, 0.05) is 37.8 Å². The summed E-state index contributed by atoms with van der Waals surface area (Å²) in [5.41, 5.74) is 2.76. The average molecular weight is 317 g/mol. The topological polar surface area (TPSA) is 38.8 Å². The zero-order valence-electron chi connectivity index (χ0n) is 14.2. The molecular formula is C18H25N2O3+. The Bertz CT molecular complexity index is 660. The van der Waals surface area contributed by atoms with Crippen LogP contribution >= 0.6 is 0 Å². The summed E-state index contributed by atoms with van der Waals surface area (Å²) in [7, 11) is 5.72. The Morgan fingerprint density at radius 2 is 1.87 bits per heavy atom. The molecule has 5 nitrogen and oxygen atoms in total. The maximum Gasteiger partial charge on any atom is 0.227 e. The minimum Gasteiger partial charge on any atom is -0.493 e. The van der Waals surface area contributed by atoms with Crippen LogP contribution in [0.1, 0.15) is 36.4 Å². The third-order valence-corrected chi connectivity index (χ3v) is 6.20. The first kappa shape index (κ1) is 14.8. The number of amides is 1. The Morgan fingerprint density at radius 3 is 2.61 bits per heavy atom. The molecule has 0 saturated carbocycles. The van der Waals surface area contributed by atoms with E-state index < -0.39 is 0 Å². The molecule has 5 heteroatoms. The van der Waals surface area contributed by atoms with Crippen LogP contribution in [0, 0.1) is 0 Å². The maximum absolute atomic E-state index is 12.1. The summed E-state index contributed by atoms with van der Waals surface area (Å²) >= 11 is 0. The fraction of sp³-hybridized carbons (Fsp3) is 0.611. The van der Waals surface area contributed by atoms with Gasteiger partial charge in [0.1, 0.15) is 6.04 Å². The van der Waals surface area contributed by atoms with E-state index in [1.165, 1.54) is 11.1 Å². The Hall–Kier alpha value is -1.75. The fourth-order valence-corrected chi connectivity index (χ4v) is 4.97. The third-order valence-electron chi connectivity index (χ3n) is 6.20. The van der Waals surface area contributed by atoms with E-state index >= 15 is 0 Å². The SMILES string of the molecule is COc1cc2c(cc1OC)[C@H]1CCN3C(=O)CC[C@@H]3[N+]1(C)CC2. The van der Waals surface area contributed by atoms with Crippen molar-refractivity contribution in [3.8, 4) is 11.5 Å². The number of fused-ring (bicyclic) bond motifs is 5. The van der Waals surface area contributed by atoms with Crippen LogP contribution in [0.25, 0.3) is 0 Å². The molecule has 0 aliphatic carbocycles. The second-order valence-corrected chi connectivity index (χ2v) is 7.14. The molecule has 4 rings (SSSR count). The van der Waals surface area contributed by atoms with Gasteiger partial charge in [-0.1, -0.05) is 0 Å². The molecule has 2 saturated heterocycles. The number of quaternary nitrogens is 1. The van der Waals surface area contributed by atoms with Crippen molar-refractivity contribution in [1.82, 2.24) is 4.90 Å². The summed E-state index contributed by atoms with van der Waals surface area (Å²) < 4.78 is 12.0. The first-order valence-electron chi connectivity index (χ1n) is 8.47. The number of benzene rings is 1. The highest BCUT2D eigenvalue weighted by Crippen LogP contribution is 2.48. The molecule has 2 fully saturated rings. The van der Waals surface area contributed by atoms with Crippen LogP contribution in [0.15, 0.2) is 12.1 Å². The molecule has 3 aliphatic heterocycles. The van der Waals surface area contributed by atoms with Crippen LogP contribution in [0.5, 0.6) is 11.5 Å². The molecule has 3 aliphatic rings. The number of nitrogens with zero attached hydrogens (tertiary/aromatic N) is 2. The lowest BCUT2D eigenvalue weighted by Crippen LogP contribution is -2.65. The standard InChI is InChI=1S/C18H25N2O3/c1-20-9-7-12-10-15(22-2)16(23-3)11-13(12)14(20)6-8-19-17(20)4-5-18(19)21/h10-11,14,17H,4-9H2,1-3H3/q+1/t14-,17+,20?/m1/s1. The Morgan fingerprint density at radius 1 is 1.13 bits per heavy atom. The molecule has 0 spiro atoms. The van der Waals surface area contributed by atoms with Gasteiger partial charge < -0.3 is 9.47 Å². The Labute approximate surface area is 137 Å². The van der Waals surface area contributed by atoms with E-state index in [4.69, 9.17) is 9.47 Å². The molecule has 3 heterocycles. The van der Waals surface area contributed by atoms with Crippen LogP contribution in [-0.2, 0) is 11.2 Å². The van der Waals surface area contributed by atoms with Crippen LogP contribution < -0.4 is 9.47 Å². The van der Waals surface area contributed by atoms with Gasteiger partial charge >= 0.3 is 0 Å². The predicted molar refractivity (Wildman–Crippen MR) is 86.4 cm³/mol. The number of hydrogen-bond acceptors (Lipinski definition) is 3. The normalized spacial score (nSPS) is 32.1. The van der Waals surface area contributed by atoms with Gasteiger partial charge in [0.25, 0.3) is 0 Å². The summed E-state index contributed by atoms with van der Waals surface area (Å²) in [4.78, 5) is 14.3. The van der Waals surface area contributed by atoms with Crippen LogP contribution in [-0.4, -0.2) is 55.8 Å². The average Bonchev–Trinajstić information content (AvgIpc) is 2.95. The van der Waals surface area contributed by atoms with E-state index in [2.05, 4.69) is 24.1 Å². The van der Waals surface area contributed by atoms with E-state index in [1.54, 1.807) is 14.2 Å². The summed E-state index contributed by atoms with van der Waals surface area (Å²) in [6.45, 7) is 1.97. The van der Waals surface area contributed by atoms with Crippen LogP contribution in [0.2, 0.25) is 0 Å². The van der Waals surface area contributed by atoms with Crippen molar-refractivity contribution >= 4 is 5.91 Å². The first-order valence-corrected chi connectivity index (χ1v) is 8.47. The minimum atomic E-state index is 0.339. The number of methoxy groups -OCH3 is 2. The summed E-state index contributed by atoms with van der Waals surface area (Å²) in [5, 5.41) is 0. The number of rotatable bonds is 2. The van der Waals surface area contributed by atoms with Gasteiger partial charge in [0.15, 0.2) is 17.7 Å². The number of ether oxygens (including phenoxy) is 2.